The number of nitro groups is 1. The molecule has 0 bridgehead atoms. The summed E-state index contributed by atoms with van der Waals surface area (Å²) >= 11 is 3.33. The third kappa shape index (κ3) is 3.51. The summed E-state index contributed by atoms with van der Waals surface area (Å²) in [7, 11) is 1.57. The number of hydrogen-bond donors (Lipinski definition) is 0. The number of nitrogens with zero attached hydrogens (tertiary/aromatic N) is 1. The molecule has 1 rings (SSSR count). The molecule has 0 fully saturated rings. The molecule has 1 unspecified atom stereocenters. The van der Waals surface area contributed by atoms with Gasteiger partial charge in [0.05, 0.1) is 7.11 Å². The first-order valence-corrected chi connectivity index (χ1v) is 5.29. The van der Waals surface area contributed by atoms with Crippen molar-refractivity contribution in [2.24, 2.45) is 0 Å². The van der Waals surface area contributed by atoms with E-state index >= 15 is 0 Å². The van der Waals surface area contributed by atoms with Crippen LogP contribution in [0.25, 0.3) is 0 Å². The topological polar surface area (TPSA) is 52.4 Å². The Labute approximate surface area is 96.5 Å². The summed E-state index contributed by atoms with van der Waals surface area (Å²) in [5.41, 5.74) is 0.894. The number of rotatable bonds is 4. The summed E-state index contributed by atoms with van der Waals surface area (Å²) in [5, 5.41) is 10.5. The van der Waals surface area contributed by atoms with Gasteiger partial charge >= 0.3 is 0 Å². The van der Waals surface area contributed by atoms with Gasteiger partial charge in [0.1, 0.15) is 5.75 Å². The first-order chi connectivity index (χ1) is 7.02. The van der Waals surface area contributed by atoms with Gasteiger partial charge in [-0.1, -0.05) is 15.9 Å². The van der Waals surface area contributed by atoms with E-state index < -0.39 is 6.04 Å². The lowest BCUT2D eigenvalue weighted by Crippen LogP contribution is -2.17. The van der Waals surface area contributed by atoms with E-state index in [1.807, 2.05) is 18.2 Å². The van der Waals surface area contributed by atoms with Crippen molar-refractivity contribution in [2.75, 3.05) is 7.11 Å². The molecule has 82 valence electrons. The SMILES string of the molecule is COc1cc(Br)cc(CC(C)[N+](=O)[O-])c1. The van der Waals surface area contributed by atoms with Crippen LogP contribution < -0.4 is 4.74 Å². The lowest BCUT2D eigenvalue weighted by molar-refractivity contribution is -0.517. The van der Waals surface area contributed by atoms with Crippen LogP contribution >= 0.6 is 15.9 Å². The zero-order valence-corrected chi connectivity index (χ0v) is 10.2. The zero-order valence-electron chi connectivity index (χ0n) is 8.57. The van der Waals surface area contributed by atoms with Crippen molar-refractivity contribution in [3.05, 3.63) is 38.3 Å². The Balaban J connectivity index is 2.85. The first kappa shape index (κ1) is 12.0. The molecule has 0 radical (unpaired) electrons. The predicted molar refractivity (Wildman–Crippen MR) is 60.9 cm³/mol. The lowest BCUT2D eigenvalue weighted by atomic mass is 10.1. The molecule has 1 atom stereocenters. The minimum atomic E-state index is -0.580. The number of halogens is 1. The molecule has 5 heteroatoms. The molecule has 1 aromatic rings. The molecule has 0 aromatic heterocycles. The van der Waals surface area contributed by atoms with Crippen molar-refractivity contribution in [1.82, 2.24) is 0 Å². The second-order valence-corrected chi connectivity index (χ2v) is 4.25. The first-order valence-electron chi connectivity index (χ1n) is 4.50. The van der Waals surface area contributed by atoms with E-state index in [-0.39, 0.29) is 4.92 Å². The Morgan fingerprint density at radius 3 is 2.73 bits per heavy atom. The number of methoxy groups -OCH3 is 1. The highest BCUT2D eigenvalue weighted by Crippen LogP contribution is 2.22. The molecule has 0 saturated heterocycles. The quantitative estimate of drug-likeness (QED) is 0.626. The minimum Gasteiger partial charge on any atom is -0.497 e. The number of benzene rings is 1. The molecule has 0 aliphatic carbocycles. The van der Waals surface area contributed by atoms with Crippen LogP contribution in [-0.2, 0) is 6.42 Å². The van der Waals surface area contributed by atoms with Crippen LogP contribution in [0.5, 0.6) is 5.75 Å². The maximum Gasteiger partial charge on any atom is 0.214 e. The maximum atomic E-state index is 10.5. The fraction of sp³-hybridized carbons (Fsp3) is 0.400. The van der Waals surface area contributed by atoms with Gasteiger partial charge in [-0.2, -0.15) is 0 Å². The Bertz CT molecular complexity index is 368. The van der Waals surface area contributed by atoms with Crippen molar-refractivity contribution in [3.8, 4) is 5.75 Å². The maximum absolute atomic E-state index is 10.5. The largest absolute Gasteiger partial charge is 0.497 e. The fourth-order valence-corrected chi connectivity index (χ4v) is 1.79. The lowest BCUT2D eigenvalue weighted by Gasteiger charge is -2.07. The van der Waals surface area contributed by atoms with Crippen molar-refractivity contribution in [2.45, 2.75) is 19.4 Å². The van der Waals surface area contributed by atoms with E-state index in [0.717, 1.165) is 10.0 Å². The molecule has 15 heavy (non-hydrogen) atoms. The Morgan fingerprint density at radius 1 is 1.53 bits per heavy atom. The molecule has 4 nitrogen and oxygen atoms in total. The van der Waals surface area contributed by atoms with Gasteiger partial charge in [-0.3, -0.25) is 10.1 Å². The monoisotopic (exact) mass is 273 g/mol. The highest BCUT2D eigenvalue weighted by molar-refractivity contribution is 9.10. The normalized spacial score (nSPS) is 12.2. The van der Waals surface area contributed by atoms with Crippen LogP contribution in [0.3, 0.4) is 0 Å². The molecule has 0 amide bonds. The van der Waals surface area contributed by atoms with Crippen molar-refractivity contribution >= 4 is 15.9 Å². The Morgan fingerprint density at radius 2 is 2.20 bits per heavy atom. The van der Waals surface area contributed by atoms with E-state index in [9.17, 15) is 10.1 Å². The van der Waals surface area contributed by atoms with Gasteiger partial charge in [-0.25, -0.2) is 0 Å². The van der Waals surface area contributed by atoms with Gasteiger partial charge in [-0.15, -0.1) is 0 Å². The summed E-state index contributed by atoms with van der Waals surface area (Å²) in [6.07, 6.45) is 0.406. The van der Waals surface area contributed by atoms with Crippen LogP contribution in [0.15, 0.2) is 22.7 Å². The van der Waals surface area contributed by atoms with Gasteiger partial charge in [-0.05, 0) is 23.8 Å². The third-order valence-corrected chi connectivity index (χ3v) is 2.52. The molecular formula is C10H12BrNO3. The average molecular weight is 274 g/mol. The second-order valence-electron chi connectivity index (χ2n) is 3.34. The predicted octanol–water partition coefficient (Wildman–Crippen LogP) is 2.67. The van der Waals surface area contributed by atoms with Gasteiger partial charge in [0, 0.05) is 22.7 Å². The molecule has 0 aliphatic heterocycles. The second kappa shape index (κ2) is 5.11. The van der Waals surface area contributed by atoms with E-state index in [4.69, 9.17) is 4.74 Å². The van der Waals surface area contributed by atoms with Crippen LogP contribution in [0.1, 0.15) is 12.5 Å². The van der Waals surface area contributed by atoms with Crippen LogP contribution in [0.4, 0.5) is 0 Å². The smallest absolute Gasteiger partial charge is 0.214 e. The molecule has 0 N–H and O–H groups in total. The van der Waals surface area contributed by atoms with Gasteiger partial charge in [0.2, 0.25) is 6.04 Å². The highest BCUT2D eigenvalue weighted by atomic mass is 79.9. The molecule has 0 saturated carbocycles. The van der Waals surface area contributed by atoms with Gasteiger partial charge < -0.3 is 4.74 Å². The highest BCUT2D eigenvalue weighted by Gasteiger charge is 2.14. The molecule has 0 heterocycles. The average Bonchev–Trinajstić information content (AvgIpc) is 2.16. The van der Waals surface area contributed by atoms with E-state index in [2.05, 4.69) is 15.9 Å². The summed E-state index contributed by atoms with van der Waals surface area (Å²) in [4.78, 5) is 10.2. The van der Waals surface area contributed by atoms with Crippen LogP contribution in [0, 0.1) is 10.1 Å². The van der Waals surface area contributed by atoms with E-state index in [1.165, 1.54) is 0 Å². The molecular weight excluding hydrogens is 262 g/mol. The summed E-state index contributed by atoms with van der Waals surface area (Å²) in [5.74, 6) is 0.704. The molecule has 1 aromatic carbocycles. The molecule has 0 spiro atoms. The summed E-state index contributed by atoms with van der Waals surface area (Å²) < 4.78 is 5.95. The van der Waals surface area contributed by atoms with Gasteiger partial charge in [0.15, 0.2) is 0 Å². The molecule has 0 aliphatic rings. The Kier molecular flexibility index (Phi) is 4.08. The number of hydrogen-bond acceptors (Lipinski definition) is 3. The minimum absolute atomic E-state index is 0.284. The Hall–Kier alpha value is -1.10. The fourth-order valence-electron chi connectivity index (χ4n) is 1.27. The third-order valence-electron chi connectivity index (χ3n) is 2.06. The van der Waals surface area contributed by atoms with E-state index in [0.29, 0.717) is 12.2 Å². The standard InChI is InChI=1S/C10H12BrNO3/c1-7(12(13)14)3-8-4-9(11)6-10(5-8)15-2/h4-7H,3H2,1-2H3. The number of ether oxygens (including phenoxy) is 1. The van der Waals surface area contributed by atoms with Crippen molar-refractivity contribution in [1.29, 1.82) is 0 Å². The van der Waals surface area contributed by atoms with E-state index in [1.54, 1.807) is 14.0 Å². The van der Waals surface area contributed by atoms with Crippen LogP contribution in [0.2, 0.25) is 0 Å². The van der Waals surface area contributed by atoms with Crippen molar-refractivity contribution in [3.63, 3.8) is 0 Å². The van der Waals surface area contributed by atoms with Gasteiger partial charge in [0.25, 0.3) is 0 Å². The summed E-state index contributed by atoms with van der Waals surface area (Å²) in [6, 6.07) is 4.91. The zero-order chi connectivity index (χ0) is 11.4. The van der Waals surface area contributed by atoms with Crippen LogP contribution in [-0.4, -0.2) is 18.1 Å². The summed E-state index contributed by atoms with van der Waals surface area (Å²) in [6.45, 7) is 1.59. The van der Waals surface area contributed by atoms with Crippen molar-refractivity contribution < 1.29 is 9.66 Å².